The van der Waals surface area contributed by atoms with Crippen LogP contribution in [0.25, 0.3) is 10.4 Å². The minimum absolute atomic E-state index is 0.0562. The third-order valence-corrected chi connectivity index (χ3v) is 5.84. The van der Waals surface area contributed by atoms with Crippen LogP contribution in [0.4, 0.5) is 4.39 Å². The monoisotopic (exact) mass is 332 g/mol. The fourth-order valence-corrected chi connectivity index (χ4v) is 4.37. The van der Waals surface area contributed by atoms with E-state index in [-0.39, 0.29) is 17.7 Å². The highest BCUT2D eigenvalue weighted by atomic mass is 32.1. The van der Waals surface area contributed by atoms with Crippen molar-refractivity contribution in [3.05, 3.63) is 41.0 Å². The number of nitrogens with one attached hydrogen (secondary N) is 1. The van der Waals surface area contributed by atoms with Gasteiger partial charge in [-0.15, -0.1) is 11.3 Å². The molecule has 4 rings (SSSR count). The number of benzene rings is 1. The Morgan fingerprint density at radius 1 is 1.30 bits per heavy atom. The van der Waals surface area contributed by atoms with Crippen LogP contribution in [0.5, 0.6) is 5.75 Å². The maximum atomic E-state index is 13.5. The SMILES string of the molecule is O=C(NC1CN2CC[C@H]1C2)c1ccc(-c2ccc(O)c(F)c2)s1. The van der Waals surface area contributed by atoms with Crippen LogP contribution in [0.15, 0.2) is 30.3 Å². The third-order valence-electron chi connectivity index (χ3n) is 4.71. The normalized spacial score (nSPS) is 25.7. The number of halogens is 1. The summed E-state index contributed by atoms with van der Waals surface area (Å²) in [5.74, 6) is -0.503. The summed E-state index contributed by atoms with van der Waals surface area (Å²) in [6.07, 6.45) is 1.16. The molecule has 2 aromatic rings. The summed E-state index contributed by atoms with van der Waals surface area (Å²) in [5.41, 5.74) is 0.662. The Morgan fingerprint density at radius 2 is 2.17 bits per heavy atom. The molecule has 1 amide bonds. The number of carbonyl (C=O) groups is 1. The molecule has 2 fully saturated rings. The number of nitrogens with zero attached hydrogens (tertiary/aromatic N) is 1. The van der Waals surface area contributed by atoms with Crippen LogP contribution in [0.3, 0.4) is 0 Å². The first-order valence-corrected chi connectivity index (χ1v) is 8.54. The number of fused-ring (bicyclic) bond motifs is 2. The summed E-state index contributed by atoms with van der Waals surface area (Å²) >= 11 is 1.34. The number of carbonyl (C=O) groups excluding carboxylic acids is 1. The number of aromatic hydroxyl groups is 1. The van der Waals surface area contributed by atoms with Crippen molar-refractivity contribution in [3.63, 3.8) is 0 Å². The summed E-state index contributed by atoms with van der Waals surface area (Å²) < 4.78 is 13.5. The molecule has 2 N–H and O–H groups in total. The number of phenols is 1. The van der Waals surface area contributed by atoms with E-state index in [1.165, 1.54) is 23.5 Å². The molecule has 0 radical (unpaired) electrons. The zero-order valence-electron chi connectivity index (χ0n) is 12.5. The molecule has 2 aliphatic heterocycles. The minimum atomic E-state index is -0.655. The van der Waals surface area contributed by atoms with Crippen LogP contribution in [0.1, 0.15) is 16.1 Å². The molecule has 2 bridgehead atoms. The third kappa shape index (κ3) is 2.72. The number of hydrogen-bond acceptors (Lipinski definition) is 4. The lowest BCUT2D eigenvalue weighted by atomic mass is 10.00. The lowest BCUT2D eigenvalue weighted by Gasteiger charge is -2.22. The van der Waals surface area contributed by atoms with Gasteiger partial charge in [0.1, 0.15) is 0 Å². The fourth-order valence-electron chi connectivity index (χ4n) is 3.46. The van der Waals surface area contributed by atoms with Crippen molar-refractivity contribution in [2.24, 2.45) is 5.92 Å². The van der Waals surface area contributed by atoms with Crippen LogP contribution < -0.4 is 5.32 Å². The van der Waals surface area contributed by atoms with Crippen LogP contribution in [0, 0.1) is 11.7 Å². The molecule has 2 saturated heterocycles. The van der Waals surface area contributed by atoms with E-state index < -0.39 is 5.82 Å². The van der Waals surface area contributed by atoms with Crippen molar-refractivity contribution in [2.75, 3.05) is 19.6 Å². The smallest absolute Gasteiger partial charge is 0.261 e. The molecule has 0 aliphatic carbocycles. The lowest BCUT2D eigenvalue weighted by molar-refractivity contribution is 0.0928. The number of amides is 1. The summed E-state index contributed by atoms with van der Waals surface area (Å²) in [6.45, 7) is 3.18. The van der Waals surface area contributed by atoms with Gasteiger partial charge in [-0.1, -0.05) is 0 Å². The highest BCUT2D eigenvalue weighted by Gasteiger charge is 2.38. The van der Waals surface area contributed by atoms with E-state index in [1.807, 2.05) is 6.07 Å². The van der Waals surface area contributed by atoms with Gasteiger partial charge in [-0.2, -0.15) is 0 Å². The summed E-state index contributed by atoms with van der Waals surface area (Å²) in [5, 5.41) is 12.4. The average molecular weight is 332 g/mol. The number of hydrogen-bond donors (Lipinski definition) is 2. The molecule has 0 spiro atoms. The molecule has 2 unspecified atom stereocenters. The Morgan fingerprint density at radius 3 is 2.87 bits per heavy atom. The van der Waals surface area contributed by atoms with Gasteiger partial charge in [0.25, 0.3) is 5.91 Å². The largest absolute Gasteiger partial charge is 0.505 e. The first-order chi connectivity index (χ1) is 11.1. The number of phenolic OH excluding ortho intramolecular Hbond substituents is 1. The van der Waals surface area contributed by atoms with E-state index in [9.17, 15) is 14.3 Å². The highest BCUT2D eigenvalue weighted by Crippen LogP contribution is 2.32. The molecule has 1 aromatic carbocycles. The second kappa shape index (κ2) is 5.62. The van der Waals surface area contributed by atoms with Gasteiger partial charge in [0.05, 0.1) is 4.88 Å². The zero-order chi connectivity index (χ0) is 16.0. The Kier molecular flexibility index (Phi) is 3.58. The maximum Gasteiger partial charge on any atom is 0.261 e. The first-order valence-electron chi connectivity index (χ1n) is 7.72. The van der Waals surface area contributed by atoms with Crippen LogP contribution >= 0.6 is 11.3 Å². The second-order valence-corrected chi connectivity index (χ2v) is 7.30. The quantitative estimate of drug-likeness (QED) is 0.909. The van der Waals surface area contributed by atoms with Crippen molar-refractivity contribution >= 4 is 17.2 Å². The minimum Gasteiger partial charge on any atom is -0.505 e. The predicted octanol–water partition coefficient (Wildman–Crippen LogP) is 2.69. The standard InChI is InChI=1S/C17H17FN2O2S/c18-12-7-10(1-2-14(12)21)15-3-4-16(23-15)17(22)19-13-9-20-6-5-11(13)8-20/h1-4,7,11,13,21H,5-6,8-9H2,(H,19,22)/t11-,13?/m0/s1. The number of rotatable bonds is 3. The van der Waals surface area contributed by atoms with Crippen LogP contribution in [-0.2, 0) is 0 Å². The second-order valence-electron chi connectivity index (χ2n) is 6.22. The Balaban J connectivity index is 1.48. The van der Waals surface area contributed by atoms with E-state index in [1.54, 1.807) is 12.1 Å². The van der Waals surface area contributed by atoms with Crippen molar-refractivity contribution in [1.82, 2.24) is 10.2 Å². The maximum absolute atomic E-state index is 13.5. The molecule has 6 heteroatoms. The van der Waals surface area contributed by atoms with Gasteiger partial charge in [0.2, 0.25) is 0 Å². The van der Waals surface area contributed by atoms with Gasteiger partial charge in [0.15, 0.2) is 11.6 Å². The van der Waals surface area contributed by atoms with E-state index >= 15 is 0 Å². The van der Waals surface area contributed by atoms with Crippen molar-refractivity contribution < 1.29 is 14.3 Å². The molecular weight excluding hydrogens is 315 g/mol. The predicted molar refractivity (Wildman–Crippen MR) is 87.2 cm³/mol. The van der Waals surface area contributed by atoms with Gasteiger partial charge in [-0.25, -0.2) is 4.39 Å². The molecule has 23 heavy (non-hydrogen) atoms. The van der Waals surface area contributed by atoms with Gasteiger partial charge in [-0.05, 0) is 54.8 Å². The van der Waals surface area contributed by atoms with Crippen molar-refractivity contribution in [3.8, 4) is 16.2 Å². The van der Waals surface area contributed by atoms with Gasteiger partial charge >= 0.3 is 0 Å². The first kappa shape index (κ1) is 14.7. The molecule has 2 aliphatic rings. The molecule has 4 nitrogen and oxygen atoms in total. The Bertz CT molecular complexity index is 761. The van der Waals surface area contributed by atoms with Gasteiger partial charge < -0.3 is 15.3 Å². The van der Waals surface area contributed by atoms with E-state index in [0.717, 1.165) is 30.9 Å². The Labute approximate surface area is 137 Å². The van der Waals surface area contributed by atoms with Crippen molar-refractivity contribution in [1.29, 1.82) is 0 Å². The fraction of sp³-hybridized carbons (Fsp3) is 0.353. The van der Waals surface area contributed by atoms with E-state index in [2.05, 4.69) is 10.2 Å². The Hall–Kier alpha value is -1.92. The van der Waals surface area contributed by atoms with Crippen LogP contribution in [-0.4, -0.2) is 41.6 Å². The number of piperidine rings is 1. The van der Waals surface area contributed by atoms with Gasteiger partial charge in [0, 0.05) is 24.0 Å². The zero-order valence-corrected chi connectivity index (χ0v) is 13.3. The van der Waals surface area contributed by atoms with Crippen molar-refractivity contribution in [2.45, 2.75) is 12.5 Å². The topological polar surface area (TPSA) is 52.6 Å². The highest BCUT2D eigenvalue weighted by molar-refractivity contribution is 7.17. The number of thiophene rings is 1. The lowest BCUT2D eigenvalue weighted by Crippen LogP contribution is -2.42. The molecule has 120 valence electrons. The van der Waals surface area contributed by atoms with E-state index in [0.29, 0.717) is 16.4 Å². The molecule has 3 atom stereocenters. The van der Waals surface area contributed by atoms with Gasteiger partial charge in [-0.3, -0.25) is 4.79 Å². The molecular formula is C17H17FN2O2S. The molecule has 0 saturated carbocycles. The average Bonchev–Trinajstić information content (AvgIpc) is 3.25. The summed E-state index contributed by atoms with van der Waals surface area (Å²) in [6, 6.07) is 8.09. The molecule has 3 heterocycles. The summed E-state index contributed by atoms with van der Waals surface area (Å²) in [4.78, 5) is 16.2. The van der Waals surface area contributed by atoms with E-state index in [4.69, 9.17) is 0 Å². The summed E-state index contributed by atoms with van der Waals surface area (Å²) in [7, 11) is 0. The van der Waals surface area contributed by atoms with Crippen LogP contribution in [0.2, 0.25) is 0 Å². The molecule has 1 aromatic heterocycles.